The first-order valence-electron chi connectivity index (χ1n) is 14.1. The molecule has 1 aromatic heterocycles. The second-order valence-corrected chi connectivity index (χ2v) is 12.0. The first kappa shape index (κ1) is 26.4. The van der Waals surface area contributed by atoms with Gasteiger partial charge >= 0.3 is 6.01 Å². The number of halogens is 1. The normalized spacial score (nSPS) is 21.5. The third-order valence-corrected chi connectivity index (χ3v) is 9.66. The summed E-state index contributed by atoms with van der Waals surface area (Å²) in [6.07, 6.45) is 5.48. The number of rotatable bonds is 6. The standard InChI is InChI=1S/C29H37FN6O2S/c1-20(30)28(37)35-15-13-34(14-16-35)27-22-10-12-36(25-8-3-9-26-23(25)7-5-17-39-26)18-24(22)31-29(32-27)38-19-21-6-4-11-33(21)2/h3,8-9,21H,1,4-7,10-19H2,2H3/t21-/m0/s1. The largest absolute Gasteiger partial charge is 0.462 e. The van der Waals surface area contributed by atoms with Crippen molar-refractivity contribution in [3.05, 3.63) is 47.4 Å². The van der Waals surface area contributed by atoms with Gasteiger partial charge in [0.2, 0.25) is 0 Å². The Morgan fingerprint density at radius 3 is 2.69 bits per heavy atom. The predicted octanol–water partition coefficient (Wildman–Crippen LogP) is 3.68. The van der Waals surface area contributed by atoms with E-state index in [0.29, 0.717) is 51.4 Å². The lowest BCUT2D eigenvalue weighted by Gasteiger charge is -2.38. The number of fused-ring (bicyclic) bond motifs is 2. The number of thioether (sulfide) groups is 1. The van der Waals surface area contributed by atoms with Gasteiger partial charge in [-0.05, 0) is 69.1 Å². The quantitative estimate of drug-likeness (QED) is 0.503. The number of carbonyl (C=O) groups is 1. The Morgan fingerprint density at radius 2 is 1.92 bits per heavy atom. The number of hydrogen-bond acceptors (Lipinski definition) is 8. The maximum atomic E-state index is 13.5. The maximum absolute atomic E-state index is 13.5. The number of ether oxygens (including phenoxy) is 1. The Kier molecular flexibility index (Phi) is 7.66. The van der Waals surface area contributed by atoms with E-state index < -0.39 is 11.7 Å². The molecule has 208 valence electrons. The molecule has 8 nitrogen and oxygen atoms in total. The van der Waals surface area contributed by atoms with Crippen LogP contribution in [0.1, 0.15) is 36.1 Å². The molecule has 4 aliphatic rings. The Hall–Kier alpha value is -2.85. The van der Waals surface area contributed by atoms with Crippen molar-refractivity contribution < 1.29 is 13.9 Å². The minimum absolute atomic E-state index is 0.376. The van der Waals surface area contributed by atoms with Crippen molar-refractivity contribution in [1.29, 1.82) is 0 Å². The molecule has 2 fully saturated rings. The molecular formula is C29H37FN6O2S. The highest BCUT2D eigenvalue weighted by molar-refractivity contribution is 7.99. The van der Waals surface area contributed by atoms with E-state index in [-0.39, 0.29) is 0 Å². The molecule has 5 heterocycles. The summed E-state index contributed by atoms with van der Waals surface area (Å²) in [6, 6.07) is 7.47. The van der Waals surface area contributed by atoms with Crippen LogP contribution in [0.15, 0.2) is 35.5 Å². The van der Waals surface area contributed by atoms with Crippen molar-refractivity contribution in [2.45, 2.75) is 49.6 Å². The van der Waals surface area contributed by atoms with Crippen molar-refractivity contribution in [3.8, 4) is 6.01 Å². The van der Waals surface area contributed by atoms with E-state index in [2.05, 4.69) is 46.5 Å². The second kappa shape index (κ2) is 11.3. The van der Waals surface area contributed by atoms with Crippen molar-refractivity contribution >= 4 is 29.2 Å². The van der Waals surface area contributed by atoms with Crippen molar-refractivity contribution in [3.63, 3.8) is 0 Å². The second-order valence-electron chi connectivity index (χ2n) is 10.9. The number of amides is 1. The molecule has 0 bridgehead atoms. The summed E-state index contributed by atoms with van der Waals surface area (Å²) in [4.78, 5) is 31.9. The van der Waals surface area contributed by atoms with Gasteiger partial charge < -0.3 is 24.3 Å². The van der Waals surface area contributed by atoms with Gasteiger partial charge in [0, 0.05) is 54.9 Å². The van der Waals surface area contributed by atoms with Gasteiger partial charge in [-0.2, -0.15) is 9.97 Å². The van der Waals surface area contributed by atoms with Gasteiger partial charge in [-0.25, -0.2) is 4.39 Å². The number of carbonyl (C=O) groups excluding carboxylic acids is 1. The highest BCUT2D eigenvalue weighted by Crippen LogP contribution is 2.39. The number of nitrogens with zero attached hydrogens (tertiary/aromatic N) is 6. The average molecular weight is 553 g/mol. The van der Waals surface area contributed by atoms with E-state index >= 15 is 0 Å². The summed E-state index contributed by atoms with van der Waals surface area (Å²) < 4.78 is 19.7. The molecule has 10 heteroatoms. The molecule has 1 atom stereocenters. The van der Waals surface area contributed by atoms with Crippen molar-refractivity contribution in [1.82, 2.24) is 19.8 Å². The predicted molar refractivity (Wildman–Crippen MR) is 152 cm³/mol. The summed E-state index contributed by atoms with van der Waals surface area (Å²) in [5, 5.41) is 0. The molecule has 6 rings (SSSR count). The van der Waals surface area contributed by atoms with Gasteiger partial charge in [-0.3, -0.25) is 4.79 Å². The summed E-state index contributed by atoms with van der Waals surface area (Å²) in [7, 11) is 2.14. The monoisotopic (exact) mass is 552 g/mol. The van der Waals surface area contributed by atoms with Crippen LogP contribution in [0.3, 0.4) is 0 Å². The lowest BCUT2D eigenvalue weighted by molar-refractivity contribution is -0.128. The van der Waals surface area contributed by atoms with Crippen LogP contribution >= 0.6 is 11.8 Å². The number of aromatic nitrogens is 2. The van der Waals surface area contributed by atoms with Crippen LogP contribution in [0, 0.1) is 0 Å². The maximum Gasteiger partial charge on any atom is 0.318 e. The number of piperazine rings is 1. The summed E-state index contributed by atoms with van der Waals surface area (Å²) >= 11 is 1.96. The van der Waals surface area contributed by atoms with Gasteiger partial charge in [0.25, 0.3) is 5.91 Å². The number of likely N-dealkylation sites (N-methyl/N-ethyl adjacent to an activating group) is 1. The summed E-state index contributed by atoms with van der Waals surface area (Å²) in [6.45, 7) is 8.49. The molecule has 0 saturated carbocycles. The Balaban J connectivity index is 1.27. The Bertz CT molecular complexity index is 1250. The highest BCUT2D eigenvalue weighted by atomic mass is 32.2. The minimum atomic E-state index is -0.906. The lowest BCUT2D eigenvalue weighted by atomic mass is 10.0. The zero-order valence-corrected chi connectivity index (χ0v) is 23.5. The van der Waals surface area contributed by atoms with E-state index in [4.69, 9.17) is 14.7 Å². The molecular weight excluding hydrogens is 515 g/mol. The highest BCUT2D eigenvalue weighted by Gasteiger charge is 2.31. The fourth-order valence-corrected chi connectivity index (χ4v) is 7.31. The zero-order valence-electron chi connectivity index (χ0n) is 22.7. The first-order valence-corrected chi connectivity index (χ1v) is 15.1. The number of likely N-dealkylation sites (tertiary alicyclic amines) is 1. The molecule has 39 heavy (non-hydrogen) atoms. The van der Waals surface area contributed by atoms with E-state index in [1.165, 1.54) is 39.6 Å². The summed E-state index contributed by atoms with van der Waals surface area (Å²) in [5.41, 5.74) is 4.95. The topological polar surface area (TPSA) is 65.0 Å². The number of hydrogen-bond donors (Lipinski definition) is 0. The van der Waals surface area contributed by atoms with Gasteiger partial charge in [0.15, 0.2) is 5.83 Å². The van der Waals surface area contributed by atoms with Crippen LogP contribution < -0.4 is 14.5 Å². The van der Waals surface area contributed by atoms with Gasteiger partial charge in [-0.1, -0.05) is 12.6 Å². The van der Waals surface area contributed by atoms with Crippen LogP contribution in [-0.2, 0) is 24.2 Å². The number of anilines is 2. The van der Waals surface area contributed by atoms with Crippen LogP contribution in [0.5, 0.6) is 6.01 Å². The average Bonchev–Trinajstić information content (AvgIpc) is 3.39. The molecule has 0 spiro atoms. The van der Waals surface area contributed by atoms with Gasteiger partial charge in [0.1, 0.15) is 12.4 Å². The number of benzene rings is 1. The third kappa shape index (κ3) is 5.45. The van der Waals surface area contributed by atoms with Crippen molar-refractivity contribution in [2.24, 2.45) is 0 Å². The smallest absolute Gasteiger partial charge is 0.318 e. The van der Waals surface area contributed by atoms with E-state index in [1.807, 2.05) is 11.8 Å². The van der Waals surface area contributed by atoms with E-state index in [0.717, 1.165) is 49.4 Å². The SMILES string of the molecule is C=C(F)C(=O)N1CCN(c2nc(OC[C@@H]3CCCN3C)nc3c2CCN(c2cccc4c2CCCS4)C3)CC1. The third-order valence-electron chi connectivity index (χ3n) is 8.48. The molecule has 0 N–H and O–H groups in total. The van der Waals surface area contributed by atoms with Crippen molar-refractivity contribution in [2.75, 3.05) is 68.5 Å². The zero-order chi connectivity index (χ0) is 26.9. The van der Waals surface area contributed by atoms with Gasteiger partial charge in [0.05, 0.1) is 12.2 Å². The molecule has 4 aliphatic heterocycles. The molecule has 1 aromatic carbocycles. The van der Waals surface area contributed by atoms with E-state index in [9.17, 15) is 9.18 Å². The van der Waals surface area contributed by atoms with Crippen LogP contribution in [0.4, 0.5) is 15.9 Å². The Morgan fingerprint density at radius 1 is 1.08 bits per heavy atom. The minimum Gasteiger partial charge on any atom is -0.462 e. The Labute approximate surface area is 234 Å². The first-order chi connectivity index (χ1) is 19.0. The van der Waals surface area contributed by atoms with Gasteiger partial charge in [-0.15, -0.1) is 11.8 Å². The molecule has 2 saturated heterocycles. The molecule has 2 aromatic rings. The molecule has 0 radical (unpaired) electrons. The van der Waals surface area contributed by atoms with Crippen LogP contribution in [0.25, 0.3) is 0 Å². The van der Waals surface area contributed by atoms with Crippen LogP contribution in [0.2, 0.25) is 0 Å². The summed E-state index contributed by atoms with van der Waals surface area (Å²) in [5.74, 6) is 0.553. The van der Waals surface area contributed by atoms with Crippen LogP contribution in [-0.4, -0.2) is 90.4 Å². The fourth-order valence-electron chi connectivity index (χ4n) is 6.24. The fraction of sp³-hybridized carbons (Fsp3) is 0.552. The molecule has 1 amide bonds. The molecule has 0 aliphatic carbocycles. The van der Waals surface area contributed by atoms with E-state index in [1.54, 1.807) is 0 Å². The lowest BCUT2D eigenvalue weighted by Crippen LogP contribution is -2.49. The molecule has 0 unspecified atom stereocenters.